The Morgan fingerprint density at radius 3 is 0.810 bits per heavy atom. The summed E-state index contributed by atoms with van der Waals surface area (Å²) in [6.45, 7) is 3.64. The Morgan fingerprint density at radius 1 is 0.429 bits per heavy atom. The lowest BCUT2D eigenvalue weighted by Crippen LogP contribution is -2.29. The van der Waals surface area contributed by atoms with E-state index in [1.54, 1.807) is 0 Å². The van der Waals surface area contributed by atoms with E-state index in [-0.39, 0.29) is 43.0 Å². The van der Waals surface area contributed by atoms with Crippen LogP contribution >= 0.6 is 92.8 Å². The molecule has 0 fully saturated rings. The van der Waals surface area contributed by atoms with E-state index in [2.05, 4.69) is 0 Å². The van der Waals surface area contributed by atoms with Gasteiger partial charge in [0.1, 0.15) is 0 Å². The van der Waals surface area contributed by atoms with Gasteiger partial charge < -0.3 is 0 Å². The van der Waals surface area contributed by atoms with E-state index in [0.29, 0.717) is 19.3 Å². The molecule has 0 aliphatic heterocycles. The lowest BCUT2D eigenvalue weighted by Gasteiger charge is -2.25. The lowest BCUT2D eigenvalue weighted by atomic mass is 10.0. The Kier molecular flexibility index (Phi) is 13.1. The van der Waals surface area contributed by atoms with Gasteiger partial charge in [-0.1, -0.05) is 0 Å². The van der Waals surface area contributed by atoms with Gasteiger partial charge in [-0.15, -0.1) is 92.8 Å². The topological polar surface area (TPSA) is 0 Å². The zero-order valence-corrected chi connectivity index (χ0v) is 17.8. The predicted octanol–water partition coefficient (Wildman–Crippen LogP) is 7.06. The lowest BCUT2D eigenvalue weighted by molar-refractivity contribution is 0.580. The van der Waals surface area contributed by atoms with Crippen LogP contribution < -0.4 is 0 Å². The maximum Gasteiger partial charge on any atom is 0.0514 e. The summed E-state index contributed by atoms with van der Waals surface area (Å²) in [7, 11) is 0. The van der Waals surface area contributed by atoms with Crippen molar-refractivity contribution in [3.63, 3.8) is 0 Å². The van der Waals surface area contributed by atoms with Gasteiger partial charge >= 0.3 is 0 Å². The Balaban J connectivity index is 4.26. The number of hydrogen-bond acceptors (Lipinski definition) is 0. The molecule has 0 aromatic heterocycles. The highest BCUT2D eigenvalue weighted by Gasteiger charge is 2.29. The van der Waals surface area contributed by atoms with Crippen LogP contribution in [0.25, 0.3) is 0 Å². The highest BCUT2D eigenvalue weighted by Crippen LogP contribution is 2.30. The van der Waals surface area contributed by atoms with Crippen molar-refractivity contribution >= 4 is 92.8 Å². The van der Waals surface area contributed by atoms with Crippen LogP contribution in [0.3, 0.4) is 0 Å². The van der Waals surface area contributed by atoms with Crippen LogP contribution in [0.4, 0.5) is 0 Å². The van der Waals surface area contributed by atoms with Crippen LogP contribution in [0, 0.1) is 0 Å². The maximum atomic E-state index is 6.28. The molecule has 0 saturated heterocycles. The fourth-order valence-corrected chi connectivity index (χ4v) is 3.65. The van der Waals surface area contributed by atoms with E-state index in [1.807, 2.05) is 13.8 Å². The third-order valence-corrected chi connectivity index (χ3v) is 7.30. The molecule has 0 N–H and O–H groups in total. The average molecular weight is 460 g/mol. The minimum absolute atomic E-state index is 0.174. The van der Waals surface area contributed by atoms with E-state index in [9.17, 15) is 0 Å². The minimum atomic E-state index is -0.339. The monoisotopic (exact) mass is 456 g/mol. The van der Waals surface area contributed by atoms with Crippen LogP contribution in [0.1, 0.15) is 33.1 Å². The molecule has 0 aliphatic rings. The molecule has 0 amide bonds. The summed E-state index contributed by atoms with van der Waals surface area (Å²) < 4.78 is 0. The van der Waals surface area contributed by atoms with Gasteiger partial charge in [0.05, 0.1) is 32.3 Å². The summed E-state index contributed by atoms with van der Waals surface area (Å²) in [5.41, 5.74) is 0. The molecule has 21 heavy (non-hydrogen) atoms. The first-order valence-electron chi connectivity index (χ1n) is 6.68. The molecule has 0 saturated carbocycles. The van der Waals surface area contributed by atoms with Crippen LogP contribution in [0.15, 0.2) is 0 Å². The maximum absolute atomic E-state index is 6.28. The van der Waals surface area contributed by atoms with Crippen LogP contribution in [-0.4, -0.2) is 43.0 Å². The summed E-state index contributed by atoms with van der Waals surface area (Å²) in [5, 5.41) is -2.14. The molecule has 0 nitrogen and oxygen atoms in total. The van der Waals surface area contributed by atoms with Gasteiger partial charge in [0.15, 0.2) is 0 Å². The van der Waals surface area contributed by atoms with Crippen molar-refractivity contribution in [3.05, 3.63) is 0 Å². The molecule has 0 radical (unpaired) electrons. The van der Waals surface area contributed by atoms with Gasteiger partial charge in [0.2, 0.25) is 0 Å². The standard InChI is InChI=1S/C13H20Cl8/c1-6(14)8(16)3-10(18)12(20)5-13(21)11(19)4-9(17)7(2)15/h6-13H,3-5H2,1-2H3. The molecule has 0 rings (SSSR count). The first-order chi connectivity index (χ1) is 9.56. The summed E-state index contributed by atoms with van der Waals surface area (Å²) in [6, 6.07) is 0. The Labute approximate surface area is 168 Å². The molecule has 128 valence electrons. The second kappa shape index (κ2) is 11.8. The molecule has 8 heteroatoms. The average Bonchev–Trinajstić information content (AvgIpc) is 2.37. The van der Waals surface area contributed by atoms with Crippen molar-refractivity contribution in [1.82, 2.24) is 0 Å². The number of halogens is 8. The van der Waals surface area contributed by atoms with E-state index in [0.717, 1.165) is 0 Å². The smallest absolute Gasteiger partial charge is 0.0514 e. The predicted molar refractivity (Wildman–Crippen MR) is 102 cm³/mol. The number of hydrogen-bond donors (Lipinski definition) is 0. The van der Waals surface area contributed by atoms with E-state index >= 15 is 0 Å². The molecule has 0 aromatic carbocycles. The fraction of sp³-hybridized carbons (Fsp3) is 1.00. The summed E-state index contributed by atoms with van der Waals surface area (Å²) >= 11 is 49.1. The zero-order chi connectivity index (χ0) is 16.7. The third kappa shape index (κ3) is 10.0. The van der Waals surface area contributed by atoms with Crippen molar-refractivity contribution in [2.75, 3.05) is 0 Å². The van der Waals surface area contributed by atoms with Crippen molar-refractivity contribution in [1.29, 1.82) is 0 Å². The van der Waals surface area contributed by atoms with Gasteiger partial charge in [-0.25, -0.2) is 0 Å². The van der Waals surface area contributed by atoms with Crippen molar-refractivity contribution in [2.24, 2.45) is 0 Å². The molecule has 8 unspecified atom stereocenters. The number of alkyl halides is 8. The first kappa shape index (κ1) is 23.3. The van der Waals surface area contributed by atoms with Crippen LogP contribution in [0.5, 0.6) is 0 Å². The van der Waals surface area contributed by atoms with E-state index in [4.69, 9.17) is 92.8 Å². The quantitative estimate of drug-likeness (QED) is 0.307. The Bertz CT molecular complexity index is 247. The van der Waals surface area contributed by atoms with Crippen molar-refractivity contribution in [3.8, 4) is 0 Å². The van der Waals surface area contributed by atoms with Gasteiger partial charge in [-0.05, 0) is 33.1 Å². The molecule has 0 bridgehead atoms. The van der Waals surface area contributed by atoms with Gasteiger partial charge in [-0.3, -0.25) is 0 Å². The Hall–Kier alpha value is 2.32. The molecule has 8 atom stereocenters. The van der Waals surface area contributed by atoms with Gasteiger partial charge in [0.25, 0.3) is 0 Å². The molecular weight excluding hydrogens is 440 g/mol. The fourth-order valence-electron chi connectivity index (χ4n) is 1.61. The van der Waals surface area contributed by atoms with Gasteiger partial charge in [-0.2, -0.15) is 0 Å². The summed E-state index contributed by atoms with van der Waals surface area (Å²) in [6.07, 6.45) is 1.48. The minimum Gasteiger partial charge on any atom is -0.122 e. The second-order valence-corrected chi connectivity index (χ2v) is 9.90. The second-order valence-electron chi connectivity index (χ2n) is 5.16. The first-order valence-corrected chi connectivity index (χ1v) is 10.2. The van der Waals surface area contributed by atoms with Gasteiger partial charge in [0, 0.05) is 10.8 Å². The SMILES string of the molecule is CC(Cl)C(Cl)CC(Cl)C(Cl)CC(Cl)C(Cl)CC(Cl)C(C)Cl. The zero-order valence-electron chi connectivity index (χ0n) is 11.8. The highest BCUT2D eigenvalue weighted by atomic mass is 35.5. The van der Waals surface area contributed by atoms with E-state index in [1.165, 1.54) is 0 Å². The molecule has 0 aromatic rings. The third-order valence-electron chi connectivity index (χ3n) is 3.13. The highest BCUT2D eigenvalue weighted by molar-refractivity contribution is 6.34. The van der Waals surface area contributed by atoms with E-state index < -0.39 is 0 Å². The normalized spacial score (nSPS) is 23.7. The van der Waals surface area contributed by atoms with Crippen LogP contribution in [0.2, 0.25) is 0 Å². The molecular formula is C13H20Cl8. The Morgan fingerprint density at radius 2 is 0.619 bits per heavy atom. The molecule has 0 spiro atoms. The number of rotatable bonds is 10. The van der Waals surface area contributed by atoms with Crippen molar-refractivity contribution in [2.45, 2.75) is 76.1 Å². The summed E-state index contributed by atoms with van der Waals surface area (Å²) in [5.74, 6) is 0. The summed E-state index contributed by atoms with van der Waals surface area (Å²) in [4.78, 5) is 0. The molecule has 0 heterocycles. The molecule has 0 aliphatic carbocycles. The largest absolute Gasteiger partial charge is 0.122 e. The van der Waals surface area contributed by atoms with Crippen LogP contribution in [-0.2, 0) is 0 Å². The van der Waals surface area contributed by atoms with Crippen molar-refractivity contribution < 1.29 is 0 Å².